The average molecular weight is 309 g/mol. The van der Waals surface area contributed by atoms with Gasteiger partial charge in [0.15, 0.2) is 0 Å². The number of carbonyl (C=O) groups excluding carboxylic acids is 1. The van der Waals surface area contributed by atoms with E-state index in [2.05, 4.69) is 26.9 Å². The van der Waals surface area contributed by atoms with Crippen molar-refractivity contribution >= 4 is 16.9 Å². The molecule has 118 valence electrons. The van der Waals surface area contributed by atoms with Gasteiger partial charge in [-0.1, -0.05) is 6.92 Å². The lowest BCUT2D eigenvalue weighted by Gasteiger charge is -2.30. The second kappa shape index (κ2) is 5.53. The Labute approximate surface area is 133 Å². The fraction of sp³-hybridized carbons (Fsp3) is 0.353. The van der Waals surface area contributed by atoms with E-state index >= 15 is 0 Å². The summed E-state index contributed by atoms with van der Waals surface area (Å²) in [6.45, 7) is 3.87. The van der Waals surface area contributed by atoms with Gasteiger partial charge in [-0.3, -0.25) is 4.79 Å². The molecule has 1 unspecified atom stereocenters. The van der Waals surface area contributed by atoms with Gasteiger partial charge in [-0.05, 0) is 30.9 Å². The van der Waals surface area contributed by atoms with Gasteiger partial charge in [0.2, 0.25) is 0 Å². The molecule has 23 heavy (non-hydrogen) atoms. The Morgan fingerprint density at radius 3 is 3.13 bits per heavy atom. The third kappa shape index (κ3) is 2.50. The molecule has 6 heteroatoms. The summed E-state index contributed by atoms with van der Waals surface area (Å²) in [4.78, 5) is 29.4. The molecule has 0 aromatic carbocycles. The normalized spacial score (nSPS) is 18.5. The van der Waals surface area contributed by atoms with Crippen molar-refractivity contribution in [3.63, 3.8) is 0 Å². The van der Waals surface area contributed by atoms with E-state index in [1.165, 1.54) is 12.7 Å². The van der Waals surface area contributed by atoms with Gasteiger partial charge in [0, 0.05) is 36.4 Å². The van der Waals surface area contributed by atoms with Crippen LogP contribution in [0.25, 0.3) is 22.3 Å². The van der Waals surface area contributed by atoms with Crippen molar-refractivity contribution in [3.05, 3.63) is 36.5 Å². The minimum absolute atomic E-state index is 0.0715. The lowest BCUT2D eigenvalue weighted by atomic mass is 10.00. The molecular weight excluding hydrogens is 290 g/mol. The van der Waals surface area contributed by atoms with Gasteiger partial charge < -0.3 is 14.9 Å². The molecular formula is C17H19N5O. The number of aromatic amines is 2. The number of carbonyl (C=O) groups is 1. The number of hydrogen-bond donors (Lipinski definition) is 2. The van der Waals surface area contributed by atoms with Crippen LogP contribution in [0.1, 0.15) is 30.3 Å². The predicted molar refractivity (Wildman–Crippen MR) is 88.0 cm³/mol. The molecule has 0 radical (unpaired) electrons. The molecule has 0 spiro atoms. The second-order valence-electron chi connectivity index (χ2n) is 6.26. The molecule has 2 N–H and O–H groups in total. The summed E-state index contributed by atoms with van der Waals surface area (Å²) in [5, 5.41) is 0.956. The molecule has 4 heterocycles. The summed E-state index contributed by atoms with van der Waals surface area (Å²) in [7, 11) is 0. The van der Waals surface area contributed by atoms with Crippen molar-refractivity contribution in [2.24, 2.45) is 5.92 Å². The van der Waals surface area contributed by atoms with Crippen LogP contribution in [0.4, 0.5) is 0 Å². The lowest BCUT2D eigenvalue weighted by Crippen LogP contribution is -2.39. The summed E-state index contributed by atoms with van der Waals surface area (Å²) >= 11 is 0. The summed E-state index contributed by atoms with van der Waals surface area (Å²) in [6.07, 6.45) is 7.50. The number of nitrogens with one attached hydrogen (secondary N) is 2. The smallest absolute Gasteiger partial charge is 0.270 e. The van der Waals surface area contributed by atoms with Gasteiger partial charge in [0.1, 0.15) is 17.7 Å². The zero-order chi connectivity index (χ0) is 15.8. The largest absolute Gasteiger partial charge is 0.357 e. The Morgan fingerprint density at radius 1 is 1.35 bits per heavy atom. The van der Waals surface area contributed by atoms with E-state index in [1.54, 1.807) is 0 Å². The maximum absolute atomic E-state index is 12.7. The summed E-state index contributed by atoms with van der Waals surface area (Å²) in [6, 6.07) is 3.84. The Kier molecular flexibility index (Phi) is 3.37. The average Bonchev–Trinajstić information content (AvgIpc) is 3.23. The van der Waals surface area contributed by atoms with E-state index in [9.17, 15) is 4.79 Å². The predicted octanol–water partition coefficient (Wildman–Crippen LogP) is 2.83. The van der Waals surface area contributed by atoms with Crippen molar-refractivity contribution in [2.75, 3.05) is 13.1 Å². The fourth-order valence-corrected chi connectivity index (χ4v) is 3.30. The van der Waals surface area contributed by atoms with Crippen LogP contribution in [0, 0.1) is 5.92 Å². The highest BCUT2D eigenvalue weighted by Crippen LogP contribution is 2.26. The molecule has 1 aliphatic rings. The lowest BCUT2D eigenvalue weighted by molar-refractivity contribution is 0.0678. The first-order chi connectivity index (χ1) is 11.2. The molecule has 1 amide bonds. The Morgan fingerprint density at radius 2 is 2.26 bits per heavy atom. The van der Waals surface area contributed by atoms with Gasteiger partial charge in [-0.2, -0.15) is 0 Å². The molecule has 0 aliphatic carbocycles. The highest BCUT2D eigenvalue weighted by atomic mass is 16.2. The maximum Gasteiger partial charge on any atom is 0.270 e. The van der Waals surface area contributed by atoms with Crippen LogP contribution < -0.4 is 0 Å². The van der Waals surface area contributed by atoms with E-state index in [1.807, 2.05) is 29.4 Å². The number of hydrogen-bond acceptors (Lipinski definition) is 3. The van der Waals surface area contributed by atoms with Gasteiger partial charge >= 0.3 is 0 Å². The molecule has 6 nitrogen and oxygen atoms in total. The first-order valence-electron chi connectivity index (χ1n) is 7.98. The number of fused-ring (bicyclic) bond motifs is 1. The Bertz CT molecular complexity index is 849. The minimum atomic E-state index is 0.0715. The molecule has 4 rings (SSSR count). The van der Waals surface area contributed by atoms with E-state index in [0.717, 1.165) is 41.8 Å². The molecule has 3 aromatic rings. The third-order valence-corrected chi connectivity index (χ3v) is 4.49. The maximum atomic E-state index is 12.7. The van der Waals surface area contributed by atoms with E-state index in [4.69, 9.17) is 0 Å². The van der Waals surface area contributed by atoms with Crippen molar-refractivity contribution in [2.45, 2.75) is 19.8 Å². The van der Waals surface area contributed by atoms with E-state index < -0.39 is 0 Å². The summed E-state index contributed by atoms with van der Waals surface area (Å²) in [5.41, 5.74) is 3.16. The number of amides is 1. The zero-order valence-corrected chi connectivity index (χ0v) is 13.0. The van der Waals surface area contributed by atoms with Crippen molar-refractivity contribution in [1.29, 1.82) is 0 Å². The van der Waals surface area contributed by atoms with Crippen LogP contribution in [0.15, 0.2) is 30.9 Å². The Balaban J connectivity index is 1.64. The van der Waals surface area contributed by atoms with Crippen LogP contribution in [0.5, 0.6) is 0 Å². The zero-order valence-electron chi connectivity index (χ0n) is 13.0. The SMILES string of the molecule is CC1CCCN(C(=O)c2cc(-c3ncnc4[nH]ccc34)c[nH]2)C1. The number of H-pyrrole nitrogens is 2. The monoisotopic (exact) mass is 309 g/mol. The van der Waals surface area contributed by atoms with Gasteiger partial charge in [0.25, 0.3) is 5.91 Å². The highest BCUT2D eigenvalue weighted by molar-refractivity contribution is 5.96. The first-order valence-corrected chi connectivity index (χ1v) is 7.98. The number of piperidine rings is 1. The van der Waals surface area contributed by atoms with Crippen molar-refractivity contribution < 1.29 is 4.79 Å². The molecule has 0 bridgehead atoms. The number of aromatic nitrogens is 4. The molecule has 1 saturated heterocycles. The summed E-state index contributed by atoms with van der Waals surface area (Å²) in [5.74, 6) is 0.644. The van der Waals surface area contributed by atoms with E-state index in [0.29, 0.717) is 11.6 Å². The number of likely N-dealkylation sites (tertiary alicyclic amines) is 1. The van der Waals surface area contributed by atoms with Crippen LogP contribution in [0.3, 0.4) is 0 Å². The van der Waals surface area contributed by atoms with Crippen molar-refractivity contribution in [1.82, 2.24) is 24.8 Å². The molecule has 3 aromatic heterocycles. The quantitative estimate of drug-likeness (QED) is 0.764. The standard InChI is InChI=1S/C17H19N5O/c1-11-3-2-6-22(9-11)17(23)14-7-12(8-19-14)15-13-4-5-18-16(13)21-10-20-15/h4-5,7-8,10-11,19H,2-3,6,9H2,1H3,(H,18,20,21). The molecule has 1 atom stereocenters. The molecule has 1 fully saturated rings. The third-order valence-electron chi connectivity index (χ3n) is 4.49. The van der Waals surface area contributed by atoms with Crippen LogP contribution in [-0.4, -0.2) is 43.8 Å². The highest BCUT2D eigenvalue weighted by Gasteiger charge is 2.23. The molecule has 0 saturated carbocycles. The number of rotatable bonds is 2. The van der Waals surface area contributed by atoms with Crippen LogP contribution in [0.2, 0.25) is 0 Å². The first kappa shape index (κ1) is 14.0. The molecule has 1 aliphatic heterocycles. The fourth-order valence-electron chi connectivity index (χ4n) is 3.30. The van der Waals surface area contributed by atoms with Crippen LogP contribution >= 0.6 is 0 Å². The number of nitrogens with zero attached hydrogens (tertiary/aromatic N) is 3. The van der Waals surface area contributed by atoms with E-state index in [-0.39, 0.29) is 5.91 Å². The minimum Gasteiger partial charge on any atom is -0.357 e. The van der Waals surface area contributed by atoms with Gasteiger partial charge in [-0.15, -0.1) is 0 Å². The van der Waals surface area contributed by atoms with Gasteiger partial charge in [0.05, 0.1) is 5.69 Å². The van der Waals surface area contributed by atoms with Gasteiger partial charge in [-0.25, -0.2) is 9.97 Å². The van der Waals surface area contributed by atoms with Crippen LogP contribution in [-0.2, 0) is 0 Å². The topological polar surface area (TPSA) is 77.7 Å². The second-order valence-corrected chi connectivity index (χ2v) is 6.26. The summed E-state index contributed by atoms with van der Waals surface area (Å²) < 4.78 is 0. The van der Waals surface area contributed by atoms with Crippen molar-refractivity contribution in [3.8, 4) is 11.3 Å². The Hall–Kier alpha value is -2.63.